The number of aromatic nitrogens is 1. The Balaban J connectivity index is 1.82. The number of aliphatic imine (C=N–C) groups is 1. The fourth-order valence-electron chi connectivity index (χ4n) is 3.00. The van der Waals surface area contributed by atoms with Gasteiger partial charge in [0, 0.05) is 29.2 Å². The third-order valence-electron chi connectivity index (χ3n) is 4.35. The highest BCUT2D eigenvalue weighted by Crippen LogP contribution is 2.18. The van der Waals surface area contributed by atoms with Crippen LogP contribution in [-0.4, -0.2) is 17.4 Å². The van der Waals surface area contributed by atoms with Gasteiger partial charge in [-0.3, -0.25) is 4.99 Å². The summed E-state index contributed by atoms with van der Waals surface area (Å²) in [5.74, 6) is 0.817. The average Bonchev–Trinajstić information content (AvgIpc) is 3.05. The number of halogens is 1. The minimum absolute atomic E-state index is 0.613. The molecule has 26 heavy (non-hydrogen) atoms. The Morgan fingerprint density at radius 1 is 1.15 bits per heavy atom. The Morgan fingerprint density at radius 2 is 1.92 bits per heavy atom. The monoisotopic (exact) mass is 365 g/mol. The smallest absolute Gasteiger partial charge is 0.133 e. The molecule has 0 atom stereocenters. The lowest BCUT2D eigenvalue weighted by Crippen LogP contribution is -2.23. The van der Waals surface area contributed by atoms with Gasteiger partial charge in [-0.2, -0.15) is 0 Å². The summed E-state index contributed by atoms with van der Waals surface area (Å²) >= 11 is 6.30. The Bertz CT molecular complexity index is 937. The van der Waals surface area contributed by atoms with Gasteiger partial charge in [0.25, 0.3) is 0 Å². The summed E-state index contributed by atoms with van der Waals surface area (Å²) in [6, 6.07) is 16.6. The summed E-state index contributed by atoms with van der Waals surface area (Å²) in [6.07, 6.45) is 5.78. The number of nitrogens with one attached hydrogen (secondary N) is 2. The topological polar surface area (TPSA) is 40.2 Å². The number of aryl methyl sites for hydroxylation is 1. The van der Waals surface area contributed by atoms with Gasteiger partial charge in [-0.05, 0) is 43.0 Å². The lowest BCUT2D eigenvalue weighted by molar-refractivity contribution is 0.961. The van der Waals surface area contributed by atoms with Crippen molar-refractivity contribution < 1.29 is 0 Å². The number of para-hydroxylation sites is 1. The van der Waals surface area contributed by atoms with Gasteiger partial charge in [0.1, 0.15) is 11.0 Å². The molecule has 0 bridgehead atoms. The molecule has 134 valence electrons. The van der Waals surface area contributed by atoms with Crippen LogP contribution in [-0.2, 0) is 6.42 Å². The number of H-pyrrole nitrogens is 1. The molecule has 3 rings (SSSR count). The highest BCUT2D eigenvalue weighted by atomic mass is 35.5. The fourth-order valence-corrected chi connectivity index (χ4v) is 3.24. The van der Waals surface area contributed by atoms with Crippen molar-refractivity contribution in [2.45, 2.75) is 26.7 Å². The SMILES string of the molecule is CC/C=C(\Cl)NC(=NCCc1c[nH]c2ccccc12)c1ccccc1C. The first-order valence-electron chi connectivity index (χ1n) is 8.97. The Labute approximate surface area is 159 Å². The summed E-state index contributed by atoms with van der Waals surface area (Å²) in [4.78, 5) is 8.15. The maximum absolute atomic E-state index is 6.30. The van der Waals surface area contributed by atoms with Gasteiger partial charge in [0.15, 0.2) is 0 Å². The van der Waals surface area contributed by atoms with Crippen LogP contribution in [0.5, 0.6) is 0 Å². The number of allylic oxidation sites excluding steroid dienone is 1. The normalized spacial score (nSPS) is 12.6. The van der Waals surface area contributed by atoms with Crippen molar-refractivity contribution in [1.82, 2.24) is 10.3 Å². The molecular formula is C22H24ClN3. The molecule has 1 heterocycles. The molecule has 0 spiro atoms. The molecular weight excluding hydrogens is 342 g/mol. The minimum Gasteiger partial charge on any atom is -0.361 e. The molecule has 0 saturated carbocycles. The zero-order chi connectivity index (χ0) is 18.4. The van der Waals surface area contributed by atoms with Gasteiger partial charge in [-0.1, -0.05) is 61.0 Å². The molecule has 0 aliphatic carbocycles. The molecule has 0 saturated heterocycles. The summed E-state index contributed by atoms with van der Waals surface area (Å²) in [6.45, 7) is 4.84. The van der Waals surface area contributed by atoms with E-state index in [0.717, 1.165) is 29.8 Å². The van der Waals surface area contributed by atoms with E-state index in [0.29, 0.717) is 11.7 Å². The second-order valence-electron chi connectivity index (χ2n) is 6.24. The third-order valence-corrected chi connectivity index (χ3v) is 4.60. The molecule has 3 nitrogen and oxygen atoms in total. The van der Waals surface area contributed by atoms with Crippen molar-refractivity contribution in [1.29, 1.82) is 0 Å². The van der Waals surface area contributed by atoms with E-state index < -0.39 is 0 Å². The van der Waals surface area contributed by atoms with E-state index in [-0.39, 0.29) is 0 Å². The first kappa shape index (κ1) is 18.3. The van der Waals surface area contributed by atoms with Gasteiger partial charge in [-0.15, -0.1) is 0 Å². The standard InChI is InChI=1S/C22H24ClN3/c1-3-8-21(23)26-22(18-10-5-4-9-16(18)2)24-14-13-17-15-25-20-12-7-6-11-19(17)20/h4-12,15,25H,3,13-14H2,1-2H3,(H,24,26)/b21-8+. The minimum atomic E-state index is 0.613. The Kier molecular flexibility index (Phi) is 6.13. The van der Waals surface area contributed by atoms with Crippen molar-refractivity contribution >= 4 is 28.3 Å². The lowest BCUT2D eigenvalue weighted by Gasteiger charge is -2.12. The van der Waals surface area contributed by atoms with Crippen molar-refractivity contribution in [3.63, 3.8) is 0 Å². The van der Waals surface area contributed by atoms with Gasteiger partial charge < -0.3 is 10.3 Å². The number of fused-ring (bicyclic) bond motifs is 1. The largest absolute Gasteiger partial charge is 0.361 e. The van der Waals surface area contributed by atoms with Crippen molar-refractivity contribution in [2.75, 3.05) is 6.54 Å². The van der Waals surface area contributed by atoms with Gasteiger partial charge in [0.2, 0.25) is 0 Å². The number of nitrogens with zero attached hydrogens (tertiary/aromatic N) is 1. The first-order valence-corrected chi connectivity index (χ1v) is 9.35. The molecule has 0 radical (unpaired) electrons. The van der Waals surface area contributed by atoms with Crippen LogP contribution in [0.2, 0.25) is 0 Å². The zero-order valence-electron chi connectivity index (χ0n) is 15.2. The van der Waals surface area contributed by atoms with E-state index in [4.69, 9.17) is 16.6 Å². The van der Waals surface area contributed by atoms with Crippen molar-refractivity contribution in [2.24, 2.45) is 4.99 Å². The highest BCUT2D eigenvalue weighted by Gasteiger charge is 2.08. The van der Waals surface area contributed by atoms with Crippen molar-refractivity contribution in [3.8, 4) is 0 Å². The van der Waals surface area contributed by atoms with Crippen molar-refractivity contribution in [3.05, 3.63) is 82.7 Å². The van der Waals surface area contributed by atoms with Crippen LogP contribution in [0.25, 0.3) is 10.9 Å². The third kappa shape index (κ3) is 4.36. The maximum Gasteiger partial charge on any atom is 0.133 e. The number of hydrogen-bond acceptors (Lipinski definition) is 1. The Morgan fingerprint density at radius 3 is 2.73 bits per heavy atom. The number of rotatable bonds is 6. The predicted octanol–water partition coefficient (Wildman–Crippen LogP) is 5.55. The second kappa shape index (κ2) is 8.72. The summed E-state index contributed by atoms with van der Waals surface area (Å²) in [7, 11) is 0. The molecule has 4 heteroatoms. The number of benzene rings is 2. The van der Waals surface area contributed by atoms with Crippen LogP contribution in [0, 0.1) is 6.92 Å². The summed E-state index contributed by atoms with van der Waals surface area (Å²) < 4.78 is 0. The van der Waals surface area contributed by atoms with E-state index >= 15 is 0 Å². The lowest BCUT2D eigenvalue weighted by atomic mass is 10.1. The van der Waals surface area contributed by atoms with Crippen LogP contribution >= 0.6 is 11.6 Å². The van der Waals surface area contributed by atoms with Crippen LogP contribution < -0.4 is 5.32 Å². The average molecular weight is 366 g/mol. The molecule has 0 fully saturated rings. The predicted molar refractivity (Wildman–Crippen MR) is 112 cm³/mol. The number of aromatic amines is 1. The first-order chi connectivity index (χ1) is 12.7. The second-order valence-corrected chi connectivity index (χ2v) is 6.65. The molecule has 1 aromatic heterocycles. The molecule has 0 unspecified atom stereocenters. The summed E-state index contributed by atoms with van der Waals surface area (Å²) in [5, 5.41) is 5.13. The van der Waals surface area contributed by atoms with E-state index in [2.05, 4.69) is 60.7 Å². The van der Waals surface area contributed by atoms with E-state index in [9.17, 15) is 0 Å². The maximum atomic E-state index is 6.30. The Hall–Kier alpha value is -2.52. The molecule has 0 aliphatic rings. The number of hydrogen-bond donors (Lipinski definition) is 2. The van der Waals surface area contributed by atoms with E-state index in [1.807, 2.05) is 24.3 Å². The highest BCUT2D eigenvalue weighted by molar-refractivity contribution is 6.30. The number of amidine groups is 1. The molecule has 2 N–H and O–H groups in total. The molecule has 3 aromatic rings. The zero-order valence-corrected chi connectivity index (χ0v) is 16.0. The van der Waals surface area contributed by atoms with E-state index in [1.54, 1.807) is 0 Å². The fraction of sp³-hybridized carbons (Fsp3) is 0.227. The van der Waals surface area contributed by atoms with Crippen LogP contribution in [0.15, 0.2) is 71.0 Å². The molecule has 0 aliphatic heterocycles. The van der Waals surface area contributed by atoms with E-state index in [1.165, 1.54) is 16.5 Å². The summed E-state index contributed by atoms with van der Waals surface area (Å²) in [5.41, 5.74) is 4.70. The van der Waals surface area contributed by atoms with Crippen LogP contribution in [0.1, 0.15) is 30.0 Å². The van der Waals surface area contributed by atoms with Gasteiger partial charge in [-0.25, -0.2) is 0 Å². The molecule has 0 amide bonds. The van der Waals surface area contributed by atoms with Crippen LogP contribution in [0.3, 0.4) is 0 Å². The van der Waals surface area contributed by atoms with Gasteiger partial charge >= 0.3 is 0 Å². The van der Waals surface area contributed by atoms with Gasteiger partial charge in [0.05, 0.1) is 0 Å². The molecule has 2 aromatic carbocycles. The quantitative estimate of drug-likeness (QED) is 0.336. The van der Waals surface area contributed by atoms with Crippen LogP contribution in [0.4, 0.5) is 0 Å².